The summed E-state index contributed by atoms with van der Waals surface area (Å²) >= 11 is 1.34. The van der Waals surface area contributed by atoms with E-state index in [0.29, 0.717) is 22.1 Å². The van der Waals surface area contributed by atoms with Crippen molar-refractivity contribution in [1.82, 2.24) is 14.6 Å². The smallest absolute Gasteiger partial charge is 0.212 e. The average molecular weight is 414 g/mol. The Morgan fingerprint density at radius 1 is 1.07 bits per heavy atom. The highest BCUT2D eigenvalue weighted by molar-refractivity contribution is 7.99. The quantitative estimate of drug-likeness (QED) is 0.496. The van der Waals surface area contributed by atoms with Gasteiger partial charge < -0.3 is 4.74 Å². The van der Waals surface area contributed by atoms with Crippen molar-refractivity contribution in [1.29, 1.82) is 0 Å². The molecule has 0 aliphatic heterocycles. The number of hydrogen-bond donors (Lipinski definition) is 1. The minimum Gasteiger partial charge on any atom is -0.497 e. The molecule has 0 fully saturated rings. The van der Waals surface area contributed by atoms with Crippen LogP contribution in [0.4, 0.5) is 0 Å². The molecular weight excluding hydrogens is 394 g/mol. The number of rotatable bonds is 5. The molecule has 0 saturated carbocycles. The summed E-state index contributed by atoms with van der Waals surface area (Å²) in [5.74, 6) is 0.603. The Bertz CT molecular complexity index is 1240. The fourth-order valence-corrected chi connectivity index (χ4v) is 5.45. The van der Waals surface area contributed by atoms with Crippen LogP contribution >= 0.6 is 11.8 Å². The van der Waals surface area contributed by atoms with E-state index in [1.165, 1.54) is 11.8 Å². The maximum absolute atomic E-state index is 13.4. The van der Waals surface area contributed by atoms with Gasteiger partial charge in [-0.25, -0.2) is 17.9 Å². The average Bonchev–Trinajstić information content (AvgIpc) is 3.26. The molecule has 144 valence electrons. The van der Waals surface area contributed by atoms with E-state index in [-0.39, 0.29) is 9.79 Å². The minimum atomic E-state index is -3.76. The van der Waals surface area contributed by atoms with Gasteiger partial charge >= 0.3 is 0 Å². The highest BCUT2D eigenvalue weighted by Gasteiger charge is 2.28. The fourth-order valence-electron chi connectivity index (χ4n) is 3.00. The van der Waals surface area contributed by atoms with Gasteiger partial charge in [0, 0.05) is 5.56 Å². The van der Waals surface area contributed by atoms with Crippen LogP contribution in [0.15, 0.2) is 69.5 Å². The Morgan fingerprint density at radius 2 is 1.75 bits per heavy atom. The highest BCUT2D eigenvalue weighted by Crippen LogP contribution is 2.34. The van der Waals surface area contributed by atoms with Crippen LogP contribution in [0.2, 0.25) is 0 Å². The predicted octanol–water partition coefficient (Wildman–Crippen LogP) is 4.20. The molecule has 6 nitrogen and oxygen atoms in total. The zero-order chi connectivity index (χ0) is 19.9. The Balaban J connectivity index is 1.87. The summed E-state index contributed by atoms with van der Waals surface area (Å²) in [6.45, 7) is 2.02. The largest absolute Gasteiger partial charge is 0.497 e. The van der Waals surface area contributed by atoms with Gasteiger partial charge in [-0.2, -0.15) is 0 Å². The van der Waals surface area contributed by atoms with Gasteiger partial charge in [-0.1, -0.05) is 29.8 Å². The highest BCUT2D eigenvalue weighted by atomic mass is 32.2. The summed E-state index contributed by atoms with van der Waals surface area (Å²) < 4.78 is 33.5. The summed E-state index contributed by atoms with van der Waals surface area (Å²) in [6, 6.07) is 14.3. The summed E-state index contributed by atoms with van der Waals surface area (Å²) in [6.07, 6.45) is 3.64. The molecule has 0 unspecified atom stereocenters. The maximum atomic E-state index is 13.4. The lowest BCUT2D eigenvalue weighted by molar-refractivity contribution is 0.414. The SMILES string of the molecule is COc1ccc(S(=O)(=O)c2c(SC)[nH]n3cc(-c4ccc(C)cc4)nc23)cc1. The second kappa shape index (κ2) is 7.03. The van der Waals surface area contributed by atoms with Crippen LogP contribution in [-0.4, -0.2) is 36.4 Å². The molecule has 2 heterocycles. The molecule has 4 aromatic rings. The molecule has 0 radical (unpaired) electrons. The molecule has 8 heteroatoms. The maximum Gasteiger partial charge on any atom is 0.212 e. The third-order valence-electron chi connectivity index (χ3n) is 4.53. The zero-order valence-electron chi connectivity index (χ0n) is 15.6. The molecular formula is C20H19N3O3S2. The number of aromatic amines is 1. The van der Waals surface area contributed by atoms with Gasteiger partial charge in [-0.15, -0.1) is 11.8 Å². The number of methoxy groups -OCH3 is 1. The van der Waals surface area contributed by atoms with E-state index in [0.717, 1.165) is 11.1 Å². The lowest BCUT2D eigenvalue weighted by atomic mass is 10.1. The van der Waals surface area contributed by atoms with E-state index in [1.807, 2.05) is 43.6 Å². The number of hydrogen-bond acceptors (Lipinski definition) is 5. The van der Waals surface area contributed by atoms with E-state index in [2.05, 4.69) is 10.1 Å². The standard InChI is InChI=1S/C20H19N3O3S2/c1-13-4-6-14(7-5-13)17-12-23-19(21-17)18(20(22-23)27-3)28(24,25)16-10-8-15(26-2)9-11-16/h4-12,22H,1-3H3. The number of aryl methyl sites for hydroxylation is 1. The monoisotopic (exact) mass is 413 g/mol. The first-order valence-electron chi connectivity index (χ1n) is 8.55. The van der Waals surface area contributed by atoms with Gasteiger partial charge in [0.15, 0.2) is 5.65 Å². The molecule has 0 saturated heterocycles. The zero-order valence-corrected chi connectivity index (χ0v) is 17.3. The van der Waals surface area contributed by atoms with Gasteiger partial charge in [0.1, 0.15) is 15.7 Å². The van der Waals surface area contributed by atoms with Crippen LogP contribution in [0.5, 0.6) is 5.75 Å². The summed E-state index contributed by atoms with van der Waals surface area (Å²) in [7, 11) is -2.21. The Labute approximate surface area is 167 Å². The second-order valence-electron chi connectivity index (χ2n) is 6.34. The number of benzene rings is 2. The van der Waals surface area contributed by atoms with Gasteiger partial charge in [0.2, 0.25) is 9.84 Å². The van der Waals surface area contributed by atoms with E-state index in [9.17, 15) is 8.42 Å². The van der Waals surface area contributed by atoms with Crippen LogP contribution in [0.3, 0.4) is 0 Å². The third-order valence-corrected chi connectivity index (χ3v) is 7.18. The molecule has 28 heavy (non-hydrogen) atoms. The first-order valence-corrected chi connectivity index (χ1v) is 11.3. The number of nitrogens with one attached hydrogen (secondary N) is 1. The number of nitrogens with zero attached hydrogens (tertiary/aromatic N) is 2. The number of aromatic nitrogens is 3. The first-order chi connectivity index (χ1) is 13.4. The number of H-pyrrole nitrogens is 1. The number of imidazole rings is 1. The van der Waals surface area contributed by atoms with Crippen molar-refractivity contribution in [3.63, 3.8) is 0 Å². The molecule has 0 amide bonds. The predicted molar refractivity (Wildman–Crippen MR) is 110 cm³/mol. The number of fused-ring (bicyclic) bond motifs is 1. The normalized spacial score (nSPS) is 11.8. The van der Waals surface area contributed by atoms with Crippen LogP contribution in [-0.2, 0) is 9.84 Å². The van der Waals surface area contributed by atoms with Gasteiger partial charge in [0.25, 0.3) is 0 Å². The fraction of sp³-hybridized carbons (Fsp3) is 0.150. The van der Waals surface area contributed by atoms with E-state index in [1.54, 1.807) is 35.9 Å². The van der Waals surface area contributed by atoms with Gasteiger partial charge in [-0.05, 0) is 37.4 Å². The molecule has 1 N–H and O–H groups in total. The van der Waals surface area contributed by atoms with Crippen molar-refractivity contribution in [2.24, 2.45) is 0 Å². The molecule has 0 spiro atoms. The number of thioether (sulfide) groups is 1. The van der Waals surface area contributed by atoms with Crippen LogP contribution < -0.4 is 4.74 Å². The first kappa shape index (κ1) is 18.6. The molecule has 4 rings (SSSR count). The summed E-state index contributed by atoms with van der Waals surface area (Å²) in [4.78, 5) is 5.00. The van der Waals surface area contributed by atoms with E-state index < -0.39 is 9.84 Å². The molecule has 0 aliphatic carbocycles. The van der Waals surface area contributed by atoms with Crippen LogP contribution in [0, 0.1) is 6.92 Å². The lowest BCUT2D eigenvalue weighted by Gasteiger charge is -2.05. The van der Waals surface area contributed by atoms with Crippen molar-refractivity contribution in [2.75, 3.05) is 13.4 Å². The second-order valence-corrected chi connectivity index (χ2v) is 9.04. The van der Waals surface area contributed by atoms with Crippen molar-refractivity contribution in [3.05, 3.63) is 60.3 Å². The third kappa shape index (κ3) is 3.08. The van der Waals surface area contributed by atoms with Crippen LogP contribution in [0.1, 0.15) is 5.56 Å². The van der Waals surface area contributed by atoms with Crippen molar-refractivity contribution >= 4 is 27.2 Å². The van der Waals surface area contributed by atoms with Crippen molar-refractivity contribution in [2.45, 2.75) is 21.7 Å². The molecule has 0 bridgehead atoms. The molecule has 2 aromatic carbocycles. The lowest BCUT2D eigenvalue weighted by Crippen LogP contribution is -2.03. The van der Waals surface area contributed by atoms with Crippen molar-refractivity contribution < 1.29 is 13.2 Å². The minimum absolute atomic E-state index is 0.184. The van der Waals surface area contributed by atoms with Gasteiger partial charge in [0.05, 0.1) is 23.9 Å². The van der Waals surface area contributed by atoms with Crippen LogP contribution in [0.25, 0.3) is 16.9 Å². The summed E-state index contributed by atoms with van der Waals surface area (Å²) in [5, 5.41) is 3.68. The molecule has 0 atom stereocenters. The Hall–Kier alpha value is -2.71. The summed E-state index contributed by atoms with van der Waals surface area (Å²) in [5.41, 5.74) is 3.18. The Morgan fingerprint density at radius 3 is 2.36 bits per heavy atom. The topological polar surface area (TPSA) is 76.5 Å². The molecule has 2 aromatic heterocycles. The van der Waals surface area contributed by atoms with E-state index in [4.69, 9.17) is 4.74 Å². The van der Waals surface area contributed by atoms with Crippen molar-refractivity contribution in [3.8, 4) is 17.0 Å². The van der Waals surface area contributed by atoms with E-state index >= 15 is 0 Å². The Kier molecular flexibility index (Phi) is 4.68. The number of ether oxygens (including phenoxy) is 1. The van der Waals surface area contributed by atoms with Gasteiger partial charge in [-0.3, -0.25) is 5.10 Å². The number of sulfone groups is 1. The molecule has 0 aliphatic rings.